The minimum absolute atomic E-state index is 0.00496. The number of cyclic esters (lactones) is 2. The average Bonchev–Trinajstić information content (AvgIpc) is 3.91. The molecule has 7 rings (SSSR count). The summed E-state index contributed by atoms with van der Waals surface area (Å²) < 4.78 is 29.2. The number of esters is 4. The van der Waals surface area contributed by atoms with Gasteiger partial charge in [0, 0.05) is 19.1 Å². The van der Waals surface area contributed by atoms with Gasteiger partial charge in [-0.15, -0.1) is 0 Å². The highest BCUT2D eigenvalue weighted by atomic mass is 16.7. The number of rotatable bonds is 12. The summed E-state index contributed by atoms with van der Waals surface area (Å²) in [6, 6.07) is 0. The second-order valence-electron chi connectivity index (χ2n) is 18.1. The molecule has 50 heavy (non-hydrogen) atoms. The summed E-state index contributed by atoms with van der Waals surface area (Å²) in [7, 11) is 0. The molecule has 7 aliphatic rings. The van der Waals surface area contributed by atoms with E-state index in [0.29, 0.717) is 49.2 Å². The largest absolute Gasteiger partial charge is 0.463 e. The van der Waals surface area contributed by atoms with E-state index >= 15 is 0 Å². The first kappa shape index (κ1) is 36.3. The molecule has 0 aromatic carbocycles. The van der Waals surface area contributed by atoms with Crippen molar-refractivity contribution < 1.29 is 48.0 Å². The van der Waals surface area contributed by atoms with Crippen molar-refractivity contribution >= 4 is 23.9 Å². The summed E-state index contributed by atoms with van der Waals surface area (Å²) in [5.74, 6) is 0.469. The van der Waals surface area contributed by atoms with E-state index < -0.39 is 29.4 Å². The van der Waals surface area contributed by atoms with Gasteiger partial charge in [0.1, 0.15) is 12.2 Å². The minimum Gasteiger partial charge on any atom is -0.463 e. The summed E-state index contributed by atoms with van der Waals surface area (Å²) in [6.07, 6.45) is 5.13. The zero-order chi connectivity index (χ0) is 35.8. The summed E-state index contributed by atoms with van der Waals surface area (Å²) in [5.41, 5.74) is -0.600. The fourth-order valence-corrected chi connectivity index (χ4v) is 13.7. The van der Waals surface area contributed by atoms with Crippen molar-refractivity contribution in [1.29, 1.82) is 0 Å². The van der Waals surface area contributed by atoms with Gasteiger partial charge >= 0.3 is 23.9 Å². The minimum atomic E-state index is -0.600. The highest BCUT2D eigenvalue weighted by Gasteiger charge is 2.70. The zero-order valence-corrected chi connectivity index (χ0v) is 31.1. The molecule has 17 atom stereocenters. The maximum Gasteiger partial charge on any atom is 0.317 e. The summed E-state index contributed by atoms with van der Waals surface area (Å²) in [6.45, 7) is 15.0. The molecule has 1 saturated heterocycles. The predicted octanol–water partition coefficient (Wildman–Crippen LogP) is 5.28. The second kappa shape index (κ2) is 13.7. The van der Waals surface area contributed by atoms with Crippen molar-refractivity contribution in [2.45, 2.75) is 98.9 Å². The topological polar surface area (TPSA) is 135 Å². The zero-order valence-electron chi connectivity index (χ0n) is 31.1. The third kappa shape index (κ3) is 5.95. The van der Waals surface area contributed by atoms with Gasteiger partial charge in [0.25, 0.3) is 0 Å². The van der Waals surface area contributed by atoms with Crippen LogP contribution < -0.4 is 0 Å². The number of aliphatic hydroxyl groups excluding tert-OH is 1. The summed E-state index contributed by atoms with van der Waals surface area (Å²) in [4.78, 5) is 53.7. The first-order valence-electron chi connectivity index (χ1n) is 19.8. The maximum absolute atomic E-state index is 13.8. The third-order valence-corrected chi connectivity index (χ3v) is 14.8. The van der Waals surface area contributed by atoms with Crippen LogP contribution in [0.3, 0.4) is 0 Å². The van der Waals surface area contributed by atoms with Crippen LogP contribution in [-0.4, -0.2) is 67.3 Å². The lowest BCUT2D eigenvalue weighted by Crippen LogP contribution is -2.50. The molecule has 17 unspecified atom stereocenters. The van der Waals surface area contributed by atoms with E-state index in [1.165, 1.54) is 0 Å². The van der Waals surface area contributed by atoms with Crippen LogP contribution in [-0.2, 0) is 42.9 Å². The lowest BCUT2D eigenvalue weighted by molar-refractivity contribution is -0.185. The van der Waals surface area contributed by atoms with Gasteiger partial charge in [-0.2, -0.15) is 0 Å². The molecule has 0 radical (unpaired) electrons. The van der Waals surface area contributed by atoms with Crippen molar-refractivity contribution in [3.05, 3.63) is 0 Å². The van der Waals surface area contributed by atoms with Crippen LogP contribution in [0, 0.1) is 101 Å². The van der Waals surface area contributed by atoms with Gasteiger partial charge in [-0.05, 0) is 144 Å². The normalized spacial score (nSPS) is 46.0. The van der Waals surface area contributed by atoms with Crippen LogP contribution in [0.15, 0.2) is 0 Å². The molecule has 280 valence electrons. The number of aliphatic hydroxyl groups is 1. The first-order chi connectivity index (χ1) is 23.8. The van der Waals surface area contributed by atoms with Crippen LogP contribution in [0.2, 0.25) is 0 Å². The van der Waals surface area contributed by atoms with Gasteiger partial charge < -0.3 is 28.8 Å². The van der Waals surface area contributed by atoms with E-state index in [1.807, 2.05) is 41.5 Å². The fraction of sp³-hybridized carbons (Fsp3) is 0.900. The molecule has 7 fully saturated rings. The van der Waals surface area contributed by atoms with Crippen LogP contribution in [0.4, 0.5) is 0 Å². The first-order valence-corrected chi connectivity index (χ1v) is 19.8. The number of ether oxygens (including phenoxy) is 5. The Morgan fingerprint density at radius 1 is 0.760 bits per heavy atom. The van der Waals surface area contributed by atoms with Gasteiger partial charge in [-0.25, -0.2) is 0 Å². The van der Waals surface area contributed by atoms with Crippen molar-refractivity contribution in [3.8, 4) is 0 Å². The molecule has 0 aromatic rings. The Kier molecular flexibility index (Phi) is 9.98. The van der Waals surface area contributed by atoms with Crippen molar-refractivity contribution in [2.75, 3.05) is 26.4 Å². The molecule has 0 spiro atoms. The molecule has 6 bridgehead atoms. The third-order valence-electron chi connectivity index (χ3n) is 14.8. The molecule has 1 aliphatic heterocycles. The molecule has 6 aliphatic carbocycles. The molecule has 0 amide bonds. The second-order valence-corrected chi connectivity index (χ2v) is 18.1. The molecular weight excluding hydrogens is 640 g/mol. The van der Waals surface area contributed by atoms with Gasteiger partial charge in [0.05, 0.1) is 30.3 Å². The van der Waals surface area contributed by atoms with Gasteiger partial charge in [0.15, 0.2) is 6.29 Å². The van der Waals surface area contributed by atoms with Crippen LogP contribution >= 0.6 is 0 Å². The predicted molar refractivity (Wildman–Crippen MR) is 180 cm³/mol. The van der Waals surface area contributed by atoms with E-state index in [9.17, 15) is 24.3 Å². The fourth-order valence-electron chi connectivity index (χ4n) is 13.7. The number of carbonyl (C=O) groups excluding carboxylic acids is 4. The van der Waals surface area contributed by atoms with Crippen LogP contribution in [0.1, 0.15) is 87.0 Å². The van der Waals surface area contributed by atoms with E-state index in [1.54, 1.807) is 0 Å². The standard InChI is InChI=1S/C40H60O10/c1-8-46-39(47-9-2)28-17-20-12-23(28)18(3)29(20)33-24-14-22(15-26(24)36(43)48-11-10-41)32(33)34-25-13-21(16-27(25)37(44)50-40(5,6)7)31(34)30-19(4)35(42)49-38(30)45/h18-34,39,41H,8-17H2,1-7H3. The van der Waals surface area contributed by atoms with Crippen LogP contribution in [0.25, 0.3) is 0 Å². The Morgan fingerprint density at radius 2 is 1.32 bits per heavy atom. The lowest BCUT2D eigenvalue weighted by atomic mass is 9.53. The Hall–Kier alpha value is -2.04. The van der Waals surface area contributed by atoms with Gasteiger partial charge in [0.2, 0.25) is 0 Å². The number of hydrogen-bond acceptors (Lipinski definition) is 10. The van der Waals surface area contributed by atoms with Crippen molar-refractivity contribution in [3.63, 3.8) is 0 Å². The van der Waals surface area contributed by atoms with Gasteiger partial charge in [-0.1, -0.05) is 13.8 Å². The lowest BCUT2D eigenvalue weighted by Gasteiger charge is -2.51. The molecule has 1 N–H and O–H groups in total. The molecule has 10 nitrogen and oxygen atoms in total. The molecule has 1 heterocycles. The van der Waals surface area contributed by atoms with Gasteiger partial charge in [-0.3, -0.25) is 19.2 Å². The van der Waals surface area contributed by atoms with Crippen molar-refractivity contribution in [2.24, 2.45) is 101 Å². The Labute approximate surface area is 297 Å². The molecule has 6 saturated carbocycles. The van der Waals surface area contributed by atoms with Crippen LogP contribution in [0.5, 0.6) is 0 Å². The number of carbonyl (C=O) groups is 4. The smallest absolute Gasteiger partial charge is 0.317 e. The molecule has 10 heteroatoms. The SMILES string of the molecule is CCOC(OCC)C1CC2CC1C(C)C2C1C2CC(CC2C(=O)OCCO)C1C1C2CC(CC2C(=O)OC(C)(C)C)C1C1C(=O)OC(=O)C1C. The number of hydrogen-bond donors (Lipinski definition) is 1. The monoisotopic (exact) mass is 700 g/mol. The molecule has 0 aromatic heterocycles. The summed E-state index contributed by atoms with van der Waals surface area (Å²) in [5, 5.41) is 9.45. The Bertz CT molecular complexity index is 1320. The van der Waals surface area contributed by atoms with E-state index in [0.717, 1.165) is 32.1 Å². The number of fused-ring (bicyclic) bond motifs is 6. The average molecular weight is 701 g/mol. The van der Waals surface area contributed by atoms with E-state index in [-0.39, 0.29) is 90.6 Å². The Morgan fingerprint density at radius 3 is 1.86 bits per heavy atom. The van der Waals surface area contributed by atoms with Crippen molar-refractivity contribution in [1.82, 2.24) is 0 Å². The summed E-state index contributed by atoms with van der Waals surface area (Å²) >= 11 is 0. The Balaban J connectivity index is 1.26. The van der Waals surface area contributed by atoms with E-state index in [4.69, 9.17) is 23.7 Å². The maximum atomic E-state index is 13.8. The quantitative estimate of drug-likeness (QED) is 0.124. The molecular formula is C40H60O10. The highest BCUT2D eigenvalue weighted by Crippen LogP contribution is 2.72. The van der Waals surface area contributed by atoms with E-state index in [2.05, 4.69) is 6.92 Å². The highest BCUT2D eigenvalue weighted by molar-refractivity contribution is 5.96.